The normalized spacial score (nSPS) is 10.7. The zero-order chi connectivity index (χ0) is 10.3. The summed E-state index contributed by atoms with van der Waals surface area (Å²) < 4.78 is 1.81. The van der Waals surface area contributed by atoms with Crippen molar-refractivity contribution in [1.29, 1.82) is 0 Å². The fourth-order valence-electron chi connectivity index (χ4n) is 1.45. The number of fused-ring (bicyclic) bond motifs is 1. The molecular formula is C10H8ClNO2. The maximum Gasteiger partial charge on any atom is 0.335 e. The Morgan fingerprint density at radius 1 is 1.43 bits per heavy atom. The van der Waals surface area contributed by atoms with Crippen LogP contribution in [-0.2, 0) is 7.05 Å². The van der Waals surface area contributed by atoms with E-state index in [0.717, 1.165) is 10.9 Å². The smallest absolute Gasteiger partial charge is 0.335 e. The van der Waals surface area contributed by atoms with Crippen molar-refractivity contribution in [2.45, 2.75) is 0 Å². The van der Waals surface area contributed by atoms with Crippen molar-refractivity contribution in [2.75, 3.05) is 0 Å². The van der Waals surface area contributed by atoms with Gasteiger partial charge < -0.3 is 9.67 Å². The van der Waals surface area contributed by atoms with Crippen LogP contribution in [0.15, 0.2) is 24.3 Å². The third-order valence-corrected chi connectivity index (χ3v) is 2.59. The van der Waals surface area contributed by atoms with Crippen molar-refractivity contribution in [3.63, 3.8) is 0 Å². The van der Waals surface area contributed by atoms with Crippen LogP contribution in [0, 0.1) is 0 Å². The SMILES string of the molecule is Cn1c(Cl)cc2cc(C(=O)O)ccc21. The van der Waals surface area contributed by atoms with Gasteiger partial charge >= 0.3 is 5.97 Å². The van der Waals surface area contributed by atoms with Gasteiger partial charge in [-0.2, -0.15) is 0 Å². The van der Waals surface area contributed by atoms with E-state index in [-0.39, 0.29) is 5.56 Å². The Morgan fingerprint density at radius 2 is 2.14 bits per heavy atom. The molecule has 0 aliphatic rings. The lowest BCUT2D eigenvalue weighted by atomic mass is 10.1. The Bertz CT molecular complexity index is 516. The van der Waals surface area contributed by atoms with Gasteiger partial charge in [-0.15, -0.1) is 0 Å². The van der Waals surface area contributed by atoms with Crippen LogP contribution >= 0.6 is 11.6 Å². The highest BCUT2D eigenvalue weighted by Crippen LogP contribution is 2.23. The molecule has 0 fully saturated rings. The Balaban J connectivity index is 2.73. The number of aromatic nitrogens is 1. The molecule has 2 aromatic rings. The van der Waals surface area contributed by atoms with Crippen molar-refractivity contribution in [2.24, 2.45) is 7.05 Å². The Kier molecular flexibility index (Phi) is 1.97. The molecule has 14 heavy (non-hydrogen) atoms. The largest absolute Gasteiger partial charge is 0.478 e. The van der Waals surface area contributed by atoms with Gasteiger partial charge in [0.1, 0.15) is 5.15 Å². The number of nitrogens with zero attached hydrogens (tertiary/aromatic N) is 1. The van der Waals surface area contributed by atoms with E-state index in [1.54, 1.807) is 24.3 Å². The molecule has 0 spiro atoms. The summed E-state index contributed by atoms with van der Waals surface area (Å²) in [6.07, 6.45) is 0. The molecular weight excluding hydrogens is 202 g/mol. The Morgan fingerprint density at radius 3 is 2.79 bits per heavy atom. The summed E-state index contributed by atoms with van der Waals surface area (Å²) in [4.78, 5) is 10.7. The highest BCUT2D eigenvalue weighted by molar-refractivity contribution is 6.31. The molecule has 0 unspecified atom stereocenters. The van der Waals surface area contributed by atoms with E-state index >= 15 is 0 Å². The molecule has 0 radical (unpaired) electrons. The van der Waals surface area contributed by atoms with Crippen LogP contribution in [0.5, 0.6) is 0 Å². The van der Waals surface area contributed by atoms with Crippen LogP contribution in [0.1, 0.15) is 10.4 Å². The van der Waals surface area contributed by atoms with Crippen LogP contribution in [-0.4, -0.2) is 15.6 Å². The zero-order valence-electron chi connectivity index (χ0n) is 7.49. The van der Waals surface area contributed by atoms with Crippen molar-refractivity contribution in [3.8, 4) is 0 Å². The first-order chi connectivity index (χ1) is 6.59. The Labute approximate surface area is 85.5 Å². The van der Waals surface area contributed by atoms with Crippen molar-refractivity contribution >= 4 is 28.5 Å². The van der Waals surface area contributed by atoms with Crippen LogP contribution in [0.2, 0.25) is 5.15 Å². The number of halogens is 1. The number of carboxylic acid groups (broad SMARTS) is 1. The molecule has 72 valence electrons. The molecule has 0 amide bonds. The number of hydrogen-bond acceptors (Lipinski definition) is 1. The number of carbonyl (C=O) groups is 1. The maximum atomic E-state index is 10.7. The number of benzene rings is 1. The number of aryl methyl sites for hydroxylation is 1. The van der Waals surface area contributed by atoms with Crippen molar-refractivity contribution < 1.29 is 9.90 Å². The number of carboxylic acids is 1. The minimum absolute atomic E-state index is 0.278. The second-order valence-corrected chi connectivity index (χ2v) is 3.49. The average Bonchev–Trinajstić information content (AvgIpc) is 2.42. The monoisotopic (exact) mass is 209 g/mol. The highest BCUT2D eigenvalue weighted by Gasteiger charge is 2.07. The molecule has 1 aromatic heterocycles. The molecule has 0 aliphatic carbocycles. The third kappa shape index (κ3) is 1.26. The van der Waals surface area contributed by atoms with E-state index in [0.29, 0.717) is 5.15 Å². The van der Waals surface area contributed by atoms with Gasteiger partial charge in [-0.05, 0) is 24.3 Å². The van der Waals surface area contributed by atoms with Crippen molar-refractivity contribution in [3.05, 3.63) is 35.0 Å². The summed E-state index contributed by atoms with van der Waals surface area (Å²) in [5.74, 6) is -0.924. The first-order valence-electron chi connectivity index (χ1n) is 4.08. The van der Waals surface area contributed by atoms with Gasteiger partial charge in [-0.3, -0.25) is 0 Å². The predicted octanol–water partition coefficient (Wildman–Crippen LogP) is 2.53. The topological polar surface area (TPSA) is 42.2 Å². The van der Waals surface area contributed by atoms with Crippen LogP contribution in [0.25, 0.3) is 10.9 Å². The molecule has 3 nitrogen and oxygen atoms in total. The molecule has 0 bridgehead atoms. The molecule has 4 heteroatoms. The van der Waals surface area contributed by atoms with Crippen molar-refractivity contribution in [1.82, 2.24) is 4.57 Å². The fourth-order valence-corrected chi connectivity index (χ4v) is 1.66. The molecule has 0 atom stereocenters. The van der Waals surface area contributed by atoms with Gasteiger partial charge in [0, 0.05) is 18.0 Å². The summed E-state index contributed by atoms with van der Waals surface area (Å²) in [6.45, 7) is 0. The van der Waals surface area contributed by atoms with E-state index in [1.165, 1.54) is 0 Å². The average molecular weight is 210 g/mol. The zero-order valence-corrected chi connectivity index (χ0v) is 8.25. The van der Waals surface area contributed by atoms with E-state index in [2.05, 4.69) is 0 Å². The van der Waals surface area contributed by atoms with Gasteiger partial charge in [-0.25, -0.2) is 4.79 Å². The van der Waals surface area contributed by atoms with E-state index in [1.807, 2.05) is 11.6 Å². The molecule has 1 aromatic carbocycles. The van der Waals surface area contributed by atoms with E-state index in [9.17, 15) is 4.79 Å². The first kappa shape index (κ1) is 9.09. The van der Waals surface area contributed by atoms with Gasteiger partial charge in [0.25, 0.3) is 0 Å². The quantitative estimate of drug-likeness (QED) is 0.784. The molecule has 1 N–H and O–H groups in total. The summed E-state index contributed by atoms with van der Waals surface area (Å²) in [5, 5.41) is 10.2. The molecule has 0 saturated heterocycles. The van der Waals surface area contributed by atoms with Gasteiger partial charge in [-0.1, -0.05) is 11.6 Å². The minimum Gasteiger partial charge on any atom is -0.478 e. The summed E-state index contributed by atoms with van der Waals surface area (Å²) in [7, 11) is 1.84. The number of aromatic carboxylic acids is 1. The lowest BCUT2D eigenvalue weighted by molar-refractivity contribution is 0.0697. The third-order valence-electron chi connectivity index (χ3n) is 2.23. The first-order valence-corrected chi connectivity index (χ1v) is 4.45. The van der Waals surface area contributed by atoms with E-state index in [4.69, 9.17) is 16.7 Å². The summed E-state index contributed by atoms with van der Waals surface area (Å²) >= 11 is 5.90. The minimum atomic E-state index is -0.924. The van der Waals surface area contributed by atoms with Gasteiger partial charge in [0.15, 0.2) is 0 Å². The summed E-state index contributed by atoms with van der Waals surface area (Å²) in [5.41, 5.74) is 1.21. The highest BCUT2D eigenvalue weighted by atomic mass is 35.5. The van der Waals surface area contributed by atoms with Crippen LogP contribution < -0.4 is 0 Å². The fraction of sp³-hybridized carbons (Fsp3) is 0.100. The lowest BCUT2D eigenvalue weighted by Gasteiger charge is -1.98. The van der Waals surface area contributed by atoms with Gasteiger partial charge in [0.05, 0.1) is 5.56 Å². The van der Waals surface area contributed by atoms with Crippen LogP contribution in [0.4, 0.5) is 0 Å². The maximum absolute atomic E-state index is 10.7. The van der Waals surface area contributed by atoms with Gasteiger partial charge in [0.2, 0.25) is 0 Å². The molecule has 1 heterocycles. The number of rotatable bonds is 1. The molecule has 2 rings (SSSR count). The second kappa shape index (κ2) is 3.03. The van der Waals surface area contributed by atoms with E-state index < -0.39 is 5.97 Å². The predicted molar refractivity (Wildman–Crippen MR) is 54.9 cm³/mol. The molecule has 0 aliphatic heterocycles. The van der Waals surface area contributed by atoms with Crippen LogP contribution in [0.3, 0.4) is 0 Å². The standard InChI is InChI=1S/C10H8ClNO2/c1-12-8-3-2-6(10(13)14)4-7(8)5-9(12)11/h2-5H,1H3,(H,13,14). The summed E-state index contributed by atoms with van der Waals surface area (Å²) in [6, 6.07) is 6.69. The second-order valence-electron chi connectivity index (χ2n) is 3.10. The molecule has 0 saturated carbocycles. The number of hydrogen-bond donors (Lipinski definition) is 1. The lowest BCUT2D eigenvalue weighted by Crippen LogP contribution is -1.95. The Hall–Kier alpha value is -1.48.